The number of benzene rings is 1. The summed E-state index contributed by atoms with van der Waals surface area (Å²) in [7, 11) is 0. The van der Waals surface area contributed by atoms with Crippen LogP contribution in [0.25, 0.3) is 0 Å². The second kappa shape index (κ2) is 18.1. The molecule has 5 atom stereocenters. The van der Waals surface area contributed by atoms with E-state index >= 15 is 0 Å². The normalized spacial score (nSPS) is 14.1. The Balaban J connectivity index is 3.00. The van der Waals surface area contributed by atoms with Crippen LogP contribution < -0.4 is 38.5 Å². The van der Waals surface area contributed by atoms with Crippen LogP contribution >= 0.6 is 12.6 Å². The highest BCUT2D eigenvalue weighted by atomic mass is 32.1. The van der Waals surface area contributed by atoms with Crippen LogP contribution in [0.5, 0.6) is 5.75 Å². The van der Waals surface area contributed by atoms with Gasteiger partial charge in [0.05, 0.1) is 12.5 Å². The van der Waals surface area contributed by atoms with Crippen LogP contribution in [-0.2, 0) is 35.2 Å². The molecule has 0 spiro atoms. The largest absolute Gasteiger partial charge is 0.508 e. The fraction of sp³-hybridized carbons (Fsp3) is 0.480. The maximum absolute atomic E-state index is 13.1. The lowest BCUT2D eigenvalue weighted by Crippen LogP contribution is -2.59. The van der Waals surface area contributed by atoms with Gasteiger partial charge in [-0.2, -0.15) is 12.6 Å². The van der Waals surface area contributed by atoms with Crippen molar-refractivity contribution < 1.29 is 44.1 Å². The minimum absolute atomic E-state index is 0.0628. The quantitative estimate of drug-likeness (QED) is 0.0332. The van der Waals surface area contributed by atoms with E-state index < -0.39 is 72.2 Å². The molecular formula is C25H38N8O9S. The zero-order chi connectivity index (χ0) is 32.7. The Hall–Kier alpha value is -4.58. The molecule has 1 aromatic rings. The Morgan fingerprint density at radius 2 is 1.42 bits per heavy atom. The number of phenolic OH excluding ortho intramolecular Hbond substituents is 1. The zero-order valence-corrected chi connectivity index (χ0v) is 24.3. The molecule has 0 heterocycles. The van der Waals surface area contributed by atoms with E-state index in [1.165, 1.54) is 31.2 Å². The SMILES string of the molecule is C[C@H](NC(=O)[C@@H](N)CCCN=C(N)N)C(=O)N[C@@H](CC(=O)O)C(=O)N[C@H](Cc1ccc(O)cc1)C(=O)N[C@@H](CS)C(=O)O. The van der Waals surface area contributed by atoms with Crippen molar-refractivity contribution in [3.63, 3.8) is 0 Å². The van der Waals surface area contributed by atoms with E-state index in [9.17, 15) is 44.1 Å². The van der Waals surface area contributed by atoms with Crippen LogP contribution in [0.2, 0.25) is 0 Å². The van der Waals surface area contributed by atoms with Crippen molar-refractivity contribution in [3.05, 3.63) is 29.8 Å². The Morgan fingerprint density at radius 3 is 1.95 bits per heavy atom. The van der Waals surface area contributed by atoms with Crippen LogP contribution in [0.1, 0.15) is 31.7 Å². The number of aliphatic carboxylic acids is 2. The second-order valence-electron chi connectivity index (χ2n) is 9.46. The summed E-state index contributed by atoms with van der Waals surface area (Å²) in [5.74, 6) is -6.86. The highest BCUT2D eigenvalue weighted by molar-refractivity contribution is 7.80. The number of nitrogens with one attached hydrogen (secondary N) is 4. The third-order valence-electron chi connectivity index (χ3n) is 5.87. The van der Waals surface area contributed by atoms with Crippen molar-refractivity contribution in [2.45, 2.75) is 62.8 Å². The van der Waals surface area contributed by atoms with Crippen LogP contribution in [0.4, 0.5) is 0 Å². The van der Waals surface area contributed by atoms with Crippen molar-refractivity contribution in [1.29, 1.82) is 0 Å². The zero-order valence-electron chi connectivity index (χ0n) is 23.4. The monoisotopic (exact) mass is 626 g/mol. The van der Waals surface area contributed by atoms with Gasteiger partial charge in [0.25, 0.3) is 0 Å². The highest BCUT2D eigenvalue weighted by Gasteiger charge is 2.32. The molecule has 0 bridgehead atoms. The van der Waals surface area contributed by atoms with Crippen LogP contribution in [0.3, 0.4) is 0 Å². The van der Waals surface area contributed by atoms with E-state index in [0.29, 0.717) is 12.0 Å². The number of carboxylic acid groups (broad SMARTS) is 2. The minimum Gasteiger partial charge on any atom is -0.508 e. The number of aromatic hydroxyl groups is 1. The highest BCUT2D eigenvalue weighted by Crippen LogP contribution is 2.12. The number of guanidine groups is 1. The first-order valence-corrected chi connectivity index (χ1v) is 13.6. The lowest BCUT2D eigenvalue weighted by molar-refractivity contribution is -0.143. The van der Waals surface area contributed by atoms with Crippen molar-refractivity contribution in [2.24, 2.45) is 22.2 Å². The number of nitrogens with zero attached hydrogens (tertiary/aromatic N) is 1. The average molecular weight is 627 g/mol. The predicted molar refractivity (Wildman–Crippen MR) is 157 cm³/mol. The molecule has 0 unspecified atom stereocenters. The molecule has 17 nitrogen and oxygen atoms in total. The molecule has 43 heavy (non-hydrogen) atoms. The summed E-state index contributed by atoms with van der Waals surface area (Å²) in [6, 6.07) is -1.15. The summed E-state index contributed by atoms with van der Waals surface area (Å²) in [5, 5.41) is 37.3. The summed E-state index contributed by atoms with van der Waals surface area (Å²) in [6.45, 7) is 1.53. The van der Waals surface area contributed by atoms with Gasteiger partial charge in [-0.25, -0.2) is 4.79 Å². The number of nitrogens with two attached hydrogens (primary N) is 3. The molecule has 0 aromatic heterocycles. The Bertz CT molecular complexity index is 1180. The van der Waals surface area contributed by atoms with E-state index in [1.54, 1.807) is 0 Å². The summed E-state index contributed by atoms with van der Waals surface area (Å²) in [5.41, 5.74) is 16.7. The summed E-state index contributed by atoms with van der Waals surface area (Å²) < 4.78 is 0. The number of aliphatic imine (C=N–C) groups is 1. The van der Waals surface area contributed by atoms with Crippen molar-refractivity contribution in [2.75, 3.05) is 12.3 Å². The second-order valence-corrected chi connectivity index (χ2v) is 9.82. The number of hydrogen-bond donors (Lipinski definition) is 11. The first kappa shape index (κ1) is 36.4. The third-order valence-corrected chi connectivity index (χ3v) is 6.24. The van der Waals surface area contributed by atoms with Gasteiger partial charge >= 0.3 is 11.9 Å². The third kappa shape index (κ3) is 13.8. The minimum atomic E-state index is -1.69. The summed E-state index contributed by atoms with van der Waals surface area (Å²) in [4.78, 5) is 77.9. The van der Waals surface area contributed by atoms with Gasteiger partial charge in [0, 0.05) is 18.7 Å². The van der Waals surface area contributed by atoms with Gasteiger partial charge in [-0.1, -0.05) is 12.1 Å². The molecular weight excluding hydrogens is 588 g/mol. The first-order valence-electron chi connectivity index (χ1n) is 13.0. The van der Waals surface area contributed by atoms with Crippen molar-refractivity contribution >= 4 is 54.2 Å². The molecule has 0 radical (unpaired) electrons. The van der Waals surface area contributed by atoms with Crippen LogP contribution in [0, 0.1) is 0 Å². The number of hydrogen-bond acceptors (Lipinski definition) is 10. The summed E-state index contributed by atoms with van der Waals surface area (Å²) >= 11 is 3.89. The van der Waals surface area contributed by atoms with E-state index in [0.717, 1.165) is 0 Å². The number of carbonyl (C=O) groups is 6. The van der Waals surface area contributed by atoms with Gasteiger partial charge in [-0.05, 0) is 37.5 Å². The predicted octanol–water partition coefficient (Wildman–Crippen LogP) is -3.24. The molecule has 0 fully saturated rings. The van der Waals surface area contributed by atoms with Gasteiger partial charge < -0.3 is 53.8 Å². The lowest BCUT2D eigenvalue weighted by atomic mass is 10.0. The molecule has 0 aliphatic heterocycles. The molecule has 0 aliphatic rings. The number of carbonyl (C=O) groups excluding carboxylic acids is 4. The molecule has 13 N–H and O–H groups in total. The summed E-state index contributed by atoms with van der Waals surface area (Å²) in [6.07, 6.45) is -0.488. The molecule has 1 rings (SSSR count). The van der Waals surface area contributed by atoms with Gasteiger partial charge in [0.2, 0.25) is 23.6 Å². The molecule has 0 aliphatic carbocycles. The smallest absolute Gasteiger partial charge is 0.327 e. The van der Waals surface area contributed by atoms with E-state index in [4.69, 9.17) is 17.2 Å². The maximum Gasteiger partial charge on any atom is 0.327 e. The molecule has 0 saturated carbocycles. The molecule has 1 aromatic carbocycles. The van der Waals surface area contributed by atoms with E-state index in [-0.39, 0.29) is 36.8 Å². The van der Waals surface area contributed by atoms with Gasteiger partial charge in [0.1, 0.15) is 29.9 Å². The Morgan fingerprint density at radius 1 is 0.860 bits per heavy atom. The number of rotatable bonds is 18. The standard InChI is InChI=1S/C25H38N8O9S/c1-12(30-21(38)15(26)3-2-8-29-25(27)28)20(37)31-17(10-19(35)36)23(40)32-16(9-13-4-6-14(34)7-5-13)22(39)33-18(11-43)24(41)42/h4-7,12,15-18,34,43H,2-3,8-11,26H2,1H3,(H,30,38)(H,31,37)(H,32,40)(H,33,39)(H,35,36)(H,41,42)(H4,27,28,29)/t12-,15-,16+,17-,18-/m0/s1. The van der Waals surface area contributed by atoms with Gasteiger partial charge in [-0.3, -0.25) is 29.0 Å². The fourth-order valence-corrected chi connectivity index (χ4v) is 3.77. The lowest BCUT2D eigenvalue weighted by Gasteiger charge is -2.25. The van der Waals surface area contributed by atoms with Crippen LogP contribution in [-0.4, -0.2) is 99.4 Å². The molecule has 18 heteroatoms. The number of phenols is 1. The van der Waals surface area contributed by atoms with E-state index in [1.807, 2.05) is 0 Å². The fourth-order valence-electron chi connectivity index (χ4n) is 3.52. The number of carboxylic acids is 2. The average Bonchev–Trinajstić information content (AvgIpc) is 2.93. The first-order chi connectivity index (χ1) is 20.1. The van der Waals surface area contributed by atoms with Gasteiger partial charge in [-0.15, -0.1) is 0 Å². The molecule has 4 amide bonds. The molecule has 238 valence electrons. The Labute approximate surface area is 252 Å². The number of amides is 4. The topological polar surface area (TPSA) is 302 Å². The Kier molecular flexibility index (Phi) is 15.3. The van der Waals surface area contributed by atoms with E-state index in [2.05, 4.69) is 38.9 Å². The number of thiol groups is 1. The van der Waals surface area contributed by atoms with Crippen molar-refractivity contribution in [1.82, 2.24) is 21.3 Å². The van der Waals surface area contributed by atoms with Crippen molar-refractivity contribution in [3.8, 4) is 5.75 Å². The van der Waals surface area contributed by atoms with Gasteiger partial charge in [0.15, 0.2) is 5.96 Å². The molecule has 0 saturated heterocycles. The maximum atomic E-state index is 13.1. The van der Waals surface area contributed by atoms with Crippen LogP contribution in [0.15, 0.2) is 29.3 Å².